The van der Waals surface area contributed by atoms with Gasteiger partial charge in [0.15, 0.2) is 11.3 Å². The molecule has 1 spiro atoms. The van der Waals surface area contributed by atoms with Crippen molar-refractivity contribution in [2.24, 2.45) is 11.3 Å². The van der Waals surface area contributed by atoms with Gasteiger partial charge in [-0.15, -0.1) is 0 Å². The average molecular weight is 1100 g/mol. The number of piperazine rings is 1. The van der Waals surface area contributed by atoms with Gasteiger partial charge in [0.25, 0.3) is 15.9 Å². The molecule has 2 aliphatic heterocycles. The highest BCUT2D eigenvalue weighted by Crippen LogP contribution is 2.54. The first-order chi connectivity index (χ1) is 37.8. The summed E-state index contributed by atoms with van der Waals surface area (Å²) < 4.78 is 62.6. The third kappa shape index (κ3) is 11.1. The lowest BCUT2D eigenvalue weighted by Crippen LogP contribution is -2.60. The number of rotatable bonds is 16. The second kappa shape index (κ2) is 21.5. The van der Waals surface area contributed by atoms with Gasteiger partial charge in [-0.3, -0.25) is 24.7 Å². The van der Waals surface area contributed by atoms with E-state index in [9.17, 15) is 32.8 Å². The quantitative estimate of drug-likeness (QED) is 0.0522. The molecule has 2 saturated carbocycles. The van der Waals surface area contributed by atoms with Gasteiger partial charge in [0.05, 0.1) is 41.0 Å². The maximum Gasteiger partial charge on any atom is 0.312 e. The van der Waals surface area contributed by atoms with E-state index in [1.54, 1.807) is 26.2 Å². The van der Waals surface area contributed by atoms with Gasteiger partial charge in [0.2, 0.25) is 5.82 Å². The number of carbonyl (C=O) groups is 1. The van der Waals surface area contributed by atoms with Crippen molar-refractivity contribution < 1.29 is 41.5 Å². The number of aryl methyl sites for hydroxylation is 1. The molecule has 11 rings (SSSR count). The molecule has 79 heavy (non-hydrogen) atoms. The van der Waals surface area contributed by atoms with Crippen LogP contribution in [0.25, 0.3) is 22.0 Å². The number of benzene rings is 3. The number of ether oxygens (including phenoxy) is 2. The van der Waals surface area contributed by atoms with Crippen LogP contribution in [0.5, 0.6) is 17.2 Å². The number of piperidine rings is 1. The highest BCUT2D eigenvalue weighted by atomic mass is 32.2. The van der Waals surface area contributed by atoms with E-state index in [1.165, 1.54) is 41.2 Å². The number of halogens is 1. The minimum Gasteiger partial charge on any atom is -0.493 e. The summed E-state index contributed by atoms with van der Waals surface area (Å²) in [6, 6.07) is 23.1. The highest BCUT2D eigenvalue weighted by molar-refractivity contribution is 7.90. The Morgan fingerprint density at radius 1 is 0.975 bits per heavy atom. The van der Waals surface area contributed by atoms with Gasteiger partial charge in [-0.2, -0.15) is 0 Å². The number of hydrogen-bond donors (Lipinski definition) is 4. The molecule has 1 atom stereocenters. The van der Waals surface area contributed by atoms with Crippen LogP contribution >= 0.6 is 0 Å². The number of sulfonamides is 1. The van der Waals surface area contributed by atoms with Gasteiger partial charge in [-0.1, -0.05) is 44.2 Å². The summed E-state index contributed by atoms with van der Waals surface area (Å²) in [4.78, 5) is 43.8. The Morgan fingerprint density at radius 2 is 1.75 bits per heavy atom. The molecule has 4 aromatic heterocycles. The number of anilines is 2. The molecule has 0 bridgehead atoms. The minimum atomic E-state index is -4.72. The molecule has 2 aliphatic carbocycles. The molecular weight excluding hydrogens is 1030 g/mol. The number of nitrogens with one attached hydrogen (secondary N) is 3. The van der Waals surface area contributed by atoms with Crippen molar-refractivity contribution in [3.63, 3.8) is 0 Å². The molecule has 4 aliphatic rings. The van der Waals surface area contributed by atoms with E-state index in [0.717, 1.165) is 105 Å². The summed E-state index contributed by atoms with van der Waals surface area (Å²) >= 11 is 0. The van der Waals surface area contributed by atoms with Crippen LogP contribution in [-0.4, -0.2) is 107 Å². The van der Waals surface area contributed by atoms with Crippen molar-refractivity contribution in [3.8, 4) is 17.2 Å². The number of hydrogen-bond acceptors (Lipinski definition) is 15. The Morgan fingerprint density at radius 3 is 2.49 bits per heavy atom. The molecule has 4 N–H and O–H groups in total. The Kier molecular flexibility index (Phi) is 14.7. The van der Waals surface area contributed by atoms with Crippen molar-refractivity contribution in [1.29, 1.82) is 0 Å². The van der Waals surface area contributed by atoms with Gasteiger partial charge in [-0.25, -0.2) is 27.5 Å². The fourth-order valence-electron chi connectivity index (χ4n) is 12.6. The van der Waals surface area contributed by atoms with E-state index in [0.29, 0.717) is 49.8 Å². The maximum atomic E-state index is 14.8. The van der Waals surface area contributed by atoms with E-state index in [2.05, 4.69) is 89.9 Å². The summed E-state index contributed by atoms with van der Waals surface area (Å²) in [6.45, 7) is 13.7. The number of nitro groups is 1. The van der Waals surface area contributed by atoms with Crippen LogP contribution in [-0.2, 0) is 16.6 Å². The van der Waals surface area contributed by atoms with Crippen LogP contribution < -0.4 is 24.4 Å². The summed E-state index contributed by atoms with van der Waals surface area (Å²) in [5.74, 6) is 0.510. The minimum absolute atomic E-state index is 0.00215. The molecule has 18 nitrogen and oxygen atoms in total. The summed E-state index contributed by atoms with van der Waals surface area (Å²) in [6.07, 6.45) is 10.2. The number of carbonyl (C=O) groups excluding carboxylic acids is 1. The van der Waals surface area contributed by atoms with Gasteiger partial charge in [0.1, 0.15) is 33.6 Å². The predicted molar refractivity (Wildman–Crippen MR) is 299 cm³/mol. The molecule has 0 unspecified atom stereocenters. The molecule has 1 amide bonds. The monoisotopic (exact) mass is 1100 g/mol. The van der Waals surface area contributed by atoms with Gasteiger partial charge in [0, 0.05) is 87.3 Å². The van der Waals surface area contributed by atoms with Crippen LogP contribution in [0.1, 0.15) is 117 Å². The number of aromatic amines is 1. The smallest absolute Gasteiger partial charge is 0.312 e. The first kappa shape index (κ1) is 53.9. The third-order valence-electron chi connectivity index (χ3n) is 17.2. The highest BCUT2D eigenvalue weighted by Gasteiger charge is 2.50. The second-order valence-corrected chi connectivity index (χ2v) is 24.6. The summed E-state index contributed by atoms with van der Waals surface area (Å²) in [5.41, 5.74) is 4.54. The van der Waals surface area contributed by atoms with E-state index < -0.39 is 42.9 Å². The fraction of sp³-hybridized carbons (Fsp3) is 0.441. The largest absolute Gasteiger partial charge is 0.493 e. The van der Waals surface area contributed by atoms with Crippen molar-refractivity contribution in [2.45, 2.75) is 114 Å². The van der Waals surface area contributed by atoms with E-state index in [4.69, 9.17) is 13.9 Å². The molecule has 416 valence electrons. The Hall–Kier alpha value is -7.13. The zero-order chi connectivity index (χ0) is 55.4. The first-order valence-electron chi connectivity index (χ1n) is 27.3. The van der Waals surface area contributed by atoms with Crippen molar-refractivity contribution >= 4 is 55.1 Å². The number of aromatic nitrogens is 3. The normalized spacial score (nSPS) is 21.1. The van der Waals surface area contributed by atoms with E-state index >= 15 is 0 Å². The van der Waals surface area contributed by atoms with Crippen molar-refractivity contribution in [3.05, 3.63) is 135 Å². The molecule has 0 radical (unpaired) electrons. The van der Waals surface area contributed by atoms with Crippen LogP contribution in [0.2, 0.25) is 0 Å². The number of furan rings is 1. The number of H-pyrrole nitrogens is 1. The zero-order valence-electron chi connectivity index (χ0n) is 45.3. The lowest BCUT2D eigenvalue weighted by molar-refractivity contribution is -0.384. The standard InChI is InChI=1S/C59H68FN9O9S/c1-36(2)44-8-6-7-9-45(44)51-35-66(34-39-10-13-52(76-5)54-47(39)24-37(3)77-54)22-23-68(51)41-28-59(29-41)18-20-67(21-19-59)40-11-12-46(53(25-40)78-42-26-48-49(60)33-64-55(48)62-31-42)57(70)65-79(74,75)43-27-50(69(72)73)56(63-32-43)61-30-38-14-16-58(4,71)17-15-38/h6-13,24-27,31-33,36,38,41,51,71H,14-23,28-30,34-35H2,1-5H3,(H,61,63)(H,62,64)(H,65,70)/t38?,51-,58?/m0/s1. The van der Waals surface area contributed by atoms with E-state index in [-0.39, 0.29) is 45.6 Å². The number of pyridine rings is 2. The Bertz CT molecular complexity index is 3540. The SMILES string of the molecule is COc1ccc(CN2CCN(C3CC4(CCN(c5ccc(C(=O)NS(=O)(=O)c6cnc(NCC7CCC(C)(O)CC7)c([N+](=O)[O-])c6)c(Oc6cnc7[nH]cc(F)c7c6)c5)CC4)C3)[C@H](c3ccccc3C(C)C)C2)c2cc(C)oc12. The molecule has 2 saturated heterocycles. The third-order valence-corrected chi connectivity index (χ3v) is 18.5. The van der Waals surface area contributed by atoms with Crippen molar-refractivity contribution in [2.75, 3.05) is 56.6 Å². The topological polar surface area (TPSA) is 222 Å². The number of fused-ring (bicyclic) bond motifs is 2. The van der Waals surface area contributed by atoms with Crippen LogP contribution in [0.15, 0.2) is 101 Å². The lowest BCUT2D eigenvalue weighted by atomic mass is 9.59. The molecule has 7 aromatic rings. The van der Waals surface area contributed by atoms with Gasteiger partial charge >= 0.3 is 5.69 Å². The maximum absolute atomic E-state index is 14.8. The predicted octanol–water partition coefficient (Wildman–Crippen LogP) is 10.8. The molecule has 3 aromatic carbocycles. The molecule has 20 heteroatoms. The van der Waals surface area contributed by atoms with Crippen LogP contribution in [0, 0.1) is 34.2 Å². The average Bonchev–Trinajstić information content (AvgIpc) is 4.13. The number of methoxy groups -OCH3 is 1. The molecule has 6 heterocycles. The van der Waals surface area contributed by atoms with Crippen molar-refractivity contribution in [1.82, 2.24) is 29.5 Å². The van der Waals surface area contributed by atoms with Gasteiger partial charge < -0.3 is 34.2 Å². The number of nitrogens with zero attached hydrogens (tertiary/aromatic N) is 6. The second-order valence-electron chi connectivity index (χ2n) is 22.9. The Balaban J connectivity index is 0.790. The number of aliphatic hydroxyl groups is 1. The summed E-state index contributed by atoms with van der Waals surface area (Å²) in [7, 11) is -3.04. The summed E-state index contributed by atoms with van der Waals surface area (Å²) in [5, 5.41) is 26.8. The van der Waals surface area contributed by atoms with E-state index in [1.807, 2.05) is 13.0 Å². The lowest BCUT2D eigenvalue weighted by Gasteiger charge is -2.58. The molecular formula is C59H68FN9O9S. The molecule has 4 fully saturated rings. The van der Waals surface area contributed by atoms with Gasteiger partial charge in [-0.05, 0) is 129 Å². The first-order valence-corrected chi connectivity index (χ1v) is 28.8. The zero-order valence-corrected chi connectivity index (χ0v) is 46.1. The fourth-order valence-corrected chi connectivity index (χ4v) is 13.6. The van der Waals surface area contributed by atoms with Crippen LogP contribution in [0.3, 0.4) is 0 Å². The Labute approximate surface area is 458 Å². The number of amides is 1. The van der Waals surface area contributed by atoms with Crippen LogP contribution in [0.4, 0.5) is 21.6 Å².